The number of nitrogens with one attached hydrogen (secondary N) is 2. The molecule has 4 N–H and O–H groups in total. The van der Waals surface area contributed by atoms with E-state index in [-0.39, 0.29) is 23.5 Å². The van der Waals surface area contributed by atoms with Crippen LogP contribution in [0.15, 0.2) is 79.1 Å². The van der Waals surface area contributed by atoms with Crippen LogP contribution in [-0.4, -0.2) is 18.8 Å². The first-order valence-electron chi connectivity index (χ1n) is 11.5. The highest BCUT2D eigenvalue weighted by molar-refractivity contribution is 5.98. The normalized spacial score (nSPS) is 11.0. The van der Waals surface area contributed by atoms with E-state index in [9.17, 15) is 9.59 Å². The zero-order valence-corrected chi connectivity index (χ0v) is 20.8. The number of methoxy groups -OCH3 is 1. The number of hydrogen-bond donors (Lipinski definition) is 3. The first kappa shape index (κ1) is 25.7. The minimum absolute atomic E-state index is 0.0123. The van der Waals surface area contributed by atoms with Gasteiger partial charge >= 0.3 is 0 Å². The third kappa shape index (κ3) is 6.80. The number of rotatable bonds is 9. The molecule has 6 heteroatoms. The summed E-state index contributed by atoms with van der Waals surface area (Å²) in [6, 6.07) is 20.2. The molecule has 0 aromatic heterocycles. The summed E-state index contributed by atoms with van der Waals surface area (Å²) in [6.45, 7) is 10.7. The lowest BCUT2D eigenvalue weighted by Gasteiger charge is -2.19. The van der Waals surface area contributed by atoms with Crippen molar-refractivity contribution in [3.05, 3.63) is 107 Å². The molecule has 0 spiro atoms. The van der Waals surface area contributed by atoms with Gasteiger partial charge in [-0.15, -0.1) is 0 Å². The highest BCUT2D eigenvalue weighted by Gasteiger charge is 2.15. The van der Waals surface area contributed by atoms with Gasteiger partial charge in [0.15, 0.2) is 5.78 Å². The molecule has 0 unspecified atom stereocenters. The topological polar surface area (TPSA) is 93.5 Å². The lowest BCUT2D eigenvalue weighted by molar-refractivity contribution is 0.0964. The van der Waals surface area contributed by atoms with Gasteiger partial charge in [-0.3, -0.25) is 9.59 Å². The second-order valence-electron chi connectivity index (χ2n) is 9.41. The van der Waals surface area contributed by atoms with E-state index >= 15 is 0 Å². The van der Waals surface area contributed by atoms with Crippen LogP contribution in [0.1, 0.15) is 58.2 Å². The van der Waals surface area contributed by atoms with Gasteiger partial charge in [0.2, 0.25) is 0 Å². The Morgan fingerprint density at radius 2 is 1.57 bits per heavy atom. The third-order valence-corrected chi connectivity index (χ3v) is 5.72. The number of carbonyl (C=O) groups is 2. The number of anilines is 1. The minimum atomic E-state index is -0.252. The number of ketones is 1. The largest absolute Gasteiger partial charge is 0.496 e. The fourth-order valence-corrected chi connectivity index (χ4v) is 3.61. The maximum absolute atomic E-state index is 12.7. The molecule has 3 aromatic rings. The summed E-state index contributed by atoms with van der Waals surface area (Å²) < 4.78 is 5.50. The highest BCUT2D eigenvalue weighted by Crippen LogP contribution is 2.26. The molecule has 1 amide bonds. The Morgan fingerprint density at radius 3 is 2.14 bits per heavy atom. The van der Waals surface area contributed by atoms with Crippen LogP contribution in [-0.2, 0) is 18.4 Å². The molecule has 0 bridgehead atoms. The number of carbonyl (C=O) groups excluding carboxylic acids is 2. The number of nitrogens with two attached hydrogens (primary N) is 1. The molecule has 0 aliphatic heterocycles. The van der Waals surface area contributed by atoms with Gasteiger partial charge in [0, 0.05) is 41.4 Å². The van der Waals surface area contributed by atoms with Gasteiger partial charge in [-0.1, -0.05) is 69.8 Å². The Hall–Kier alpha value is -3.90. The maximum atomic E-state index is 12.7. The number of ether oxygens (including phenoxy) is 1. The Morgan fingerprint density at radius 1 is 0.943 bits per heavy atom. The van der Waals surface area contributed by atoms with Crippen LogP contribution in [0.4, 0.5) is 5.69 Å². The monoisotopic (exact) mass is 471 g/mol. The van der Waals surface area contributed by atoms with Crippen molar-refractivity contribution in [3.8, 4) is 5.75 Å². The van der Waals surface area contributed by atoms with E-state index in [4.69, 9.17) is 10.5 Å². The van der Waals surface area contributed by atoms with Crippen LogP contribution in [0.2, 0.25) is 0 Å². The molecule has 35 heavy (non-hydrogen) atoms. The minimum Gasteiger partial charge on any atom is -0.496 e. The molecule has 182 valence electrons. The second kappa shape index (κ2) is 11.0. The zero-order chi connectivity index (χ0) is 25.6. The molecule has 3 rings (SSSR count). The smallest absolute Gasteiger partial charge is 0.256 e. The van der Waals surface area contributed by atoms with Crippen molar-refractivity contribution < 1.29 is 14.3 Å². The summed E-state index contributed by atoms with van der Waals surface area (Å²) >= 11 is 0. The first-order valence-corrected chi connectivity index (χ1v) is 11.5. The first-order chi connectivity index (χ1) is 16.6. The molecule has 0 aliphatic carbocycles. The molecular formula is C29H33N3O3. The molecule has 0 heterocycles. The Balaban J connectivity index is 1.63. The van der Waals surface area contributed by atoms with Crippen molar-refractivity contribution in [2.24, 2.45) is 5.73 Å². The zero-order valence-electron chi connectivity index (χ0n) is 20.8. The molecule has 0 aliphatic rings. The summed E-state index contributed by atoms with van der Waals surface area (Å²) in [7, 11) is 1.56. The lowest BCUT2D eigenvalue weighted by Crippen LogP contribution is -2.26. The fourth-order valence-electron chi connectivity index (χ4n) is 3.61. The van der Waals surface area contributed by atoms with Crippen molar-refractivity contribution in [1.29, 1.82) is 0 Å². The maximum Gasteiger partial charge on any atom is 0.256 e. The summed E-state index contributed by atoms with van der Waals surface area (Å²) in [5.41, 5.74) is 10.4. The third-order valence-electron chi connectivity index (χ3n) is 5.72. The van der Waals surface area contributed by atoms with Crippen molar-refractivity contribution in [3.63, 3.8) is 0 Å². The predicted molar refractivity (Wildman–Crippen MR) is 141 cm³/mol. The summed E-state index contributed by atoms with van der Waals surface area (Å²) in [6.07, 6.45) is 0.202. The van der Waals surface area contributed by atoms with Gasteiger partial charge in [0.1, 0.15) is 11.6 Å². The van der Waals surface area contributed by atoms with Crippen LogP contribution >= 0.6 is 0 Å². The van der Waals surface area contributed by atoms with Crippen LogP contribution in [0.5, 0.6) is 5.75 Å². The quantitative estimate of drug-likeness (QED) is 0.374. The fraction of sp³-hybridized carbons (Fsp3) is 0.241. The molecule has 0 atom stereocenters. The lowest BCUT2D eigenvalue weighted by atomic mass is 9.87. The average molecular weight is 472 g/mol. The van der Waals surface area contributed by atoms with Crippen LogP contribution < -0.4 is 21.1 Å². The number of hydrogen-bond acceptors (Lipinski definition) is 5. The highest BCUT2D eigenvalue weighted by atomic mass is 16.5. The van der Waals surface area contributed by atoms with Crippen LogP contribution in [0, 0.1) is 0 Å². The summed E-state index contributed by atoms with van der Waals surface area (Å²) in [4.78, 5) is 25.3. The Bertz CT molecular complexity index is 1210. The van der Waals surface area contributed by atoms with Gasteiger partial charge < -0.3 is 21.1 Å². The SMILES string of the molecule is C=C(NC(=O)c1ccc(C(C)(C)C)cc1)Nc1ccc(CC(=O)c2ccc(CN)cc2)c(OC)c1. The van der Waals surface area contributed by atoms with Crippen molar-refractivity contribution >= 4 is 17.4 Å². The molecule has 6 nitrogen and oxygen atoms in total. The van der Waals surface area contributed by atoms with Crippen LogP contribution in [0.3, 0.4) is 0 Å². The van der Waals surface area contributed by atoms with E-state index in [1.54, 1.807) is 25.3 Å². The van der Waals surface area contributed by atoms with Crippen molar-refractivity contribution in [1.82, 2.24) is 5.32 Å². The van der Waals surface area contributed by atoms with Gasteiger partial charge in [-0.2, -0.15) is 0 Å². The second-order valence-corrected chi connectivity index (χ2v) is 9.41. The van der Waals surface area contributed by atoms with E-state index in [0.717, 1.165) is 16.7 Å². The number of benzene rings is 3. The standard InChI is InChI=1S/C29H33N3O3/c1-19(32-28(34)22-10-13-24(14-11-22)29(2,3)4)31-25-15-12-23(27(17-25)35-5)16-26(33)21-8-6-20(18-30)7-9-21/h6-15,17,31H,1,16,18,30H2,2-5H3,(H,32,34). The summed E-state index contributed by atoms with van der Waals surface area (Å²) in [5.74, 6) is 0.638. The van der Waals surface area contributed by atoms with Crippen molar-refractivity contribution in [2.45, 2.75) is 39.2 Å². The van der Waals surface area contributed by atoms with Crippen LogP contribution in [0.25, 0.3) is 0 Å². The Kier molecular flexibility index (Phi) is 8.10. The van der Waals surface area contributed by atoms with E-state index in [0.29, 0.717) is 34.9 Å². The molecule has 0 fully saturated rings. The molecule has 0 radical (unpaired) electrons. The number of Topliss-reactive ketones (excluding diaryl/α,β-unsaturated/α-hetero) is 1. The molecule has 0 saturated carbocycles. The van der Waals surface area contributed by atoms with Crippen molar-refractivity contribution in [2.75, 3.05) is 12.4 Å². The predicted octanol–water partition coefficient (Wildman–Crippen LogP) is 5.19. The van der Waals surface area contributed by atoms with Gasteiger partial charge in [-0.05, 0) is 34.7 Å². The number of amides is 1. The molecule has 3 aromatic carbocycles. The van der Waals surface area contributed by atoms with Gasteiger partial charge in [-0.25, -0.2) is 0 Å². The molecular weight excluding hydrogens is 438 g/mol. The van der Waals surface area contributed by atoms with Gasteiger partial charge in [0.05, 0.1) is 7.11 Å². The molecule has 0 saturated heterocycles. The summed E-state index contributed by atoms with van der Waals surface area (Å²) in [5, 5.41) is 5.84. The van der Waals surface area contributed by atoms with E-state index in [1.165, 1.54) is 0 Å². The van der Waals surface area contributed by atoms with E-state index in [1.807, 2.05) is 48.5 Å². The Labute approximate surface area is 207 Å². The van der Waals surface area contributed by atoms with Gasteiger partial charge in [0.25, 0.3) is 5.91 Å². The van der Waals surface area contributed by atoms with E-state index < -0.39 is 0 Å². The average Bonchev–Trinajstić information content (AvgIpc) is 2.84. The van der Waals surface area contributed by atoms with E-state index in [2.05, 4.69) is 38.0 Å².